The van der Waals surface area contributed by atoms with Crippen LogP contribution >= 0.6 is 11.9 Å². The van der Waals surface area contributed by atoms with E-state index in [0.717, 1.165) is 18.4 Å². The van der Waals surface area contributed by atoms with Crippen molar-refractivity contribution in [2.45, 2.75) is 43.8 Å². The van der Waals surface area contributed by atoms with E-state index in [1.165, 1.54) is 18.0 Å². The van der Waals surface area contributed by atoms with E-state index in [4.69, 9.17) is 0 Å². The first-order chi connectivity index (χ1) is 13.9. The second kappa shape index (κ2) is 6.85. The Hall–Kier alpha value is -1.84. The fraction of sp³-hybridized carbons (Fsp3) is 0.500. The number of hydrogen-bond acceptors (Lipinski definition) is 6. The summed E-state index contributed by atoms with van der Waals surface area (Å²) in [5.41, 5.74) is 2.59. The monoisotopic (exact) mass is 422 g/mol. The van der Waals surface area contributed by atoms with Gasteiger partial charge in [-0.2, -0.15) is 8.78 Å². The van der Waals surface area contributed by atoms with Crippen LogP contribution in [0.4, 0.5) is 19.1 Å². The Labute approximate surface area is 170 Å². The maximum atomic E-state index is 15.0. The van der Waals surface area contributed by atoms with E-state index < -0.39 is 12.0 Å². The Morgan fingerprint density at radius 1 is 1.24 bits per heavy atom. The Morgan fingerprint density at radius 3 is 2.76 bits per heavy atom. The summed E-state index contributed by atoms with van der Waals surface area (Å²) in [5.74, 6) is -3.18. The van der Waals surface area contributed by atoms with Crippen molar-refractivity contribution in [1.82, 2.24) is 14.7 Å². The SMILES string of the molecule is CSNC1CCc2cc(-c3nc(N4CC(O)C4)nc4c3CCC4(F)F)cc(F)c21. The number of fused-ring (bicyclic) bond motifs is 2. The number of β-amino-alcohol motifs (C(OH)–C–C–N with tert-alkyl or cyclic N) is 1. The van der Waals surface area contributed by atoms with Gasteiger partial charge in [-0.15, -0.1) is 0 Å². The van der Waals surface area contributed by atoms with Crippen LogP contribution in [0.5, 0.6) is 0 Å². The number of rotatable bonds is 4. The number of aliphatic hydroxyl groups is 1. The highest BCUT2D eigenvalue weighted by Gasteiger charge is 2.44. The Morgan fingerprint density at radius 2 is 2.03 bits per heavy atom. The van der Waals surface area contributed by atoms with E-state index in [1.54, 1.807) is 4.90 Å². The third-order valence-electron chi connectivity index (χ3n) is 5.98. The van der Waals surface area contributed by atoms with Crippen LogP contribution < -0.4 is 9.62 Å². The lowest BCUT2D eigenvalue weighted by Crippen LogP contribution is -2.51. The summed E-state index contributed by atoms with van der Waals surface area (Å²) in [7, 11) is 0. The molecule has 2 heterocycles. The van der Waals surface area contributed by atoms with Crippen LogP contribution in [0.2, 0.25) is 0 Å². The lowest BCUT2D eigenvalue weighted by molar-refractivity contribution is -0.00596. The average Bonchev–Trinajstić information content (AvgIpc) is 3.20. The molecule has 1 aromatic carbocycles. The van der Waals surface area contributed by atoms with Crippen LogP contribution in [-0.4, -0.2) is 40.5 Å². The summed E-state index contributed by atoms with van der Waals surface area (Å²) in [5, 5.41) is 9.57. The van der Waals surface area contributed by atoms with Crippen LogP contribution in [0.25, 0.3) is 11.3 Å². The normalized spacial score (nSPS) is 22.5. The third kappa shape index (κ3) is 3.10. The van der Waals surface area contributed by atoms with Crippen LogP contribution in [0.15, 0.2) is 12.1 Å². The summed E-state index contributed by atoms with van der Waals surface area (Å²) < 4.78 is 47.2. The molecule has 1 aliphatic heterocycles. The van der Waals surface area contributed by atoms with Crippen molar-refractivity contribution >= 4 is 17.9 Å². The lowest BCUT2D eigenvalue weighted by atomic mass is 9.99. The van der Waals surface area contributed by atoms with Crippen LogP contribution in [0.3, 0.4) is 0 Å². The molecule has 29 heavy (non-hydrogen) atoms. The van der Waals surface area contributed by atoms with Gasteiger partial charge in [0, 0.05) is 42.2 Å². The molecule has 154 valence electrons. The number of alkyl halides is 2. The number of benzene rings is 1. The van der Waals surface area contributed by atoms with Crippen molar-refractivity contribution in [1.29, 1.82) is 0 Å². The minimum absolute atomic E-state index is 0.0485. The molecule has 0 amide bonds. The number of anilines is 1. The second-order valence-corrected chi connectivity index (χ2v) is 8.55. The Balaban J connectivity index is 1.62. The van der Waals surface area contributed by atoms with Crippen molar-refractivity contribution in [3.05, 3.63) is 40.3 Å². The second-order valence-electron chi connectivity index (χ2n) is 7.91. The van der Waals surface area contributed by atoms with Crippen molar-refractivity contribution < 1.29 is 18.3 Å². The van der Waals surface area contributed by atoms with Gasteiger partial charge in [-0.25, -0.2) is 14.4 Å². The van der Waals surface area contributed by atoms with Crippen molar-refractivity contribution in [2.75, 3.05) is 24.2 Å². The molecule has 5 rings (SSSR count). The molecule has 0 radical (unpaired) electrons. The first-order valence-corrected chi connectivity index (χ1v) is 10.9. The fourth-order valence-electron chi connectivity index (χ4n) is 4.52. The topological polar surface area (TPSA) is 61.3 Å². The minimum atomic E-state index is -3.02. The van der Waals surface area contributed by atoms with E-state index in [-0.39, 0.29) is 36.3 Å². The number of hydrogen-bond donors (Lipinski definition) is 2. The zero-order valence-electron chi connectivity index (χ0n) is 15.9. The van der Waals surface area contributed by atoms with Gasteiger partial charge in [-0.3, -0.25) is 4.72 Å². The highest BCUT2D eigenvalue weighted by atomic mass is 32.2. The highest BCUT2D eigenvalue weighted by Crippen LogP contribution is 2.45. The molecule has 9 heteroatoms. The molecule has 1 saturated heterocycles. The molecule has 0 saturated carbocycles. The molecular weight excluding hydrogens is 401 g/mol. The molecule has 1 aromatic heterocycles. The predicted octanol–water partition coefficient (Wildman–Crippen LogP) is 3.36. The van der Waals surface area contributed by atoms with Gasteiger partial charge in [0.1, 0.15) is 11.5 Å². The first kappa shape index (κ1) is 19.1. The fourth-order valence-corrected chi connectivity index (χ4v) is 5.04. The molecule has 0 spiro atoms. The molecule has 1 atom stereocenters. The number of aromatic nitrogens is 2. The molecular formula is C20H21F3N4OS. The average molecular weight is 422 g/mol. The summed E-state index contributed by atoms with van der Waals surface area (Å²) >= 11 is 1.46. The molecule has 2 N–H and O–H groups in total. The van der Waals surface area contributed by atoms with Gasteiger partial charge in [0.15, 0.2) is 0 Å². The molecule has 2 aliphatic carbocycles. The molecule has 3 aliphatic rings. The third-order valence-corrected chi connectivity index (χ3v) is 6.50. The van der Waals surface area contributed by atoms with E-state index in [0.29, 0.717) is 35.5 Å². The predicted molar refractivity (Wildman–Crippen MR) is 106 cm³/mol. The molecule has 1 unspecified atom stereocenters. The number of nitrogens with one attached hydrogen (secondary N) is 1. The first-order valence-electron chi connectivity index (χ1n) is 9.71. The maximum Gasteiger partial charge on any atom is 0.290 e. The highest BCUT2D eigenvalue weighted by molar-refractivity contribution is 7.96. The Kier molecular flexibility index (Phi) is 4.52. The standard InChI is InChI=1S/C20H21F3N4OS/c1-29-26-15-3-2-10-6-11(7-14(21)16(10)15)17-13-4-5-20(22,23)18(13)25-19(24-17)27-8-12(28)9-27/h6-7,12,15,26,28H,2-5,8-9H2,1H3. The van der Waals surface area contributed by atoms with E-state index in [2.05, 4.69) is 14.7 Å². The summed E-state index contributed by atoms with van der Waals surface area (Å²) in [6, 6.07) is 3.24. The summed E-state index contributed by atoms with van der Waals surface area (Å²) in [4.78, 5) is 10.3. The van der Waals surface area contributed by atoms with Gasteiger partial charge in [-0.05, 0) is 43.2 Å². The van der Waals surface area contributed by atoms with Crippen molar-refractivity contribution in [2.24, 2.45) is 0 Å². The zero-order chi connectivity index (χ0) is 20.3. The largest absolute Gasteiger partial charge is 0.389 e. The number of aryl methyl sites for hydroxylation is 1. The van der Waals surface area contributed by atoms with E-state index >= 15 is 4.39 Å². The quantitative estimate of drug-likeness (QED) is 0.737. The molecule has 0 bridgehead atoms. The van der Waals surface area contributed by atoms with Gasteiger partial charge in [-0.1, -0.05) is 11.9 Å². The van der Waals surface area contributed by atoms with Gasteiger partial charge >= 0.3 is 0 Å². The minimum Gasteiger partial charge on any atom is -0.389 e. The van der Waals surface area contributed by atoms with Crippen LogP contribution in [-0.2, 0) is 18.8 Å². The summed E-state index contributed by atoms with van der Waals surface area (Å²) in [6.07, 6.45) is 2.77. The van der Waals surface area contributed by atoms with E-state index in [9.17, 15) is 13.9 Å². The van der Waals surface area contributed by atoms with Crippen LogP contribution in [0, 0.1) is 5.82 Å². The van der Waals surface area contributed by atoms with Gasteiger partial charge in [0.05, 0.1) is 11.8 Å². The Bertz CT molecular complexity index is 981. The van der Waals surface area contributed by atoms with Crippen molar-refractivity contribution in [3.63, 3.8) is 0 Å². The number of halogens is 3. The summed E-state index contributed by atoms with van der Waals surface area (Å²) in [6.45, 7) is 0.620. The lowest BCUT2D eigenvalue weighted by Gasteiger charge is -2.36. The smallest absolute Gasteiger partial charge is 0.290 e. The number of aliphatic hydroxyl groups excluding tert-OH is 1. The van der Waals surface area contributed by atoms with Crippen molar-refractivity contribution in [3.8, 4) is 11.3 Å². The molecule has 1 fully saturated rings. The maximum absolute atomic E-state index is 15.0. The van der Waals surface area contributed by atoms with Gasteiger partial charge < -0.3 is 10.0 Å². The molecule has 2 aromatic rings. The molecule has 5 nitrogen and oxygen atoms in total. The van der Waals surface area contributed by atoms with E-state index in [1.807, 2.05) is 12.3 Å². The zero-order valence-corrected chi connectivity index (χ0v) is 16.7. The van der Waals surface area contributed by atoms with Gasteiger partial charge in [0.25, 0.3) is 5.92 Å². The van der Waals surface area contributed by atoms with Crippen LogP contribution in [0.1, 0.15) is 41.3 Å². The number of nitrogens with zero attached hydrogens (tertiary/aromatic N) is 3. The van der Waals surface area contributed by atoms with Gasteiger partial charge in [0.2, 0.25) is 5.95 Å².